The highest BCUT2D eigenvalue weighted by Gasteiger charge is 2.27. The number of hydrogen-bond acceptors (Lipinski definition) is 7. The van der Waals surface area contributed by atoms with Crippen LogP contribution in [-0.4, -0.2) is 44.9 Å². The Morgan fingerprint density at radius 2 is 2.17 bits per heavy atom. The molecule has 3 aromatic rings. The normalized spacial score (nSPS) is 16.0. The Hall–Kier alpha value is -3.64. The van der Waals surface area contributed by atoms with Gasteiger partial charge in [0.1, 0.15) is 0 Å². The van der Waals surface area contributed by atoms with E-state index in [4.69, 9.17) is 20.3 Å². The van der Waals surface area contributed by atoms with Gasteiger partial charge in [-0.1, -0.05) is 5.16 Å². The highest BCUT2D eigenvalue weighted by molar-refractivity contribution is 5.93. The highest BCUT2D eigenvalue weighted by Crippen LogP contribution is 2.23. The van der Waals surface area contributed by atoms with Crippen molar-refractivity contribution in [2.24, 2.45) is 5.73 Å². The lowest BCUT2D eigenvalue weighted by Gasteiger charge is -2.13. The van der Waals surface area contributed by atoms with Crippen LogP contribution in [0.15, 0.2) is 40.9 Å². The number of aryl methyl sites for hydroxylation is 1. The number of ether oxygens (including phenoxy) is 1. The van der Waals surface area contributed by atoms with Crippen LogP contribution in [0.2, 0.25) is 0 Å². The van der Waals surface area contributed by atoms with E-state index < -0.39 is 0 Å². The van der Waals surface area contributed by atoms with Gasteiger partial charge in [0.25, 0.3) is 5.91 Å². The number of nitrogens with two attached hydrogens (primary N) is 1. The number of benzene rings is 1. The second-order valence-corrected chi connectivity index (χ2v) is 6.96. The molecule has 9 nitrogen and oxygen atoms in total. The molecule has 0 saturated carbocycles. The number of aromatic nitrogens is 3. The van der Waals surface area contributed by atoms with Crippen LogP contribution in [0.5, 0.6) is 5.88 Å². The zero-order valence-electron chi connectivity index (χ0n) is 15.9. The van der Waals surface area contributed by atoms with Crippen molar-refractivity contribution in [3.63, 3.8) is 0 Å². The van der Waals surface area contributed by atoms with E-state index in [2.05, 4.69) is 16.3 Å². The summed E-state index contributed by atoms with van der Waals surface area (Å²) in [5.41, 5.74) is 8.15. The average Bonchev–Trinajstić information content (AvgIpc) is 3.46. The van der Waals surface area contributed by atoms with Gasteiger partial charge in [0.2, 0.25) is 5.88 Å². The molecule has 1 aromatic carbocycles. The fourth-order valence-electron chi connectivity index (χ4n) is 3.20. The maximum absolute atomic E-state index is 12.8. The van der Waals surface area contributed by atoms with Crippen molar-refractivity contribution in [2.45, 2.75) is 26.0 Å². The van der Waals surface area contributed by atoms with Gasteiger partial charge >= 0.3 is 0 Å². The largest absolute Gasteiger partial charge is 0.469 e. The number of amides is 1. The van der Waals surface area contributed by atoms with Gasteiger partial charge < -0.3 is 19.9 Å². The van der Waals surface area contributed by atoms with E-state index in [9.17, 15) is 4.79 Å². The van der Waals surface area contributed by atoms with Crippen molar-refractivity contribution in [2.75, 3.05) is 13.1 Å². The molecule has 1 atom stereocenters. The molecule has 4 rings (SSSR count). The lowest BCUT2D eigenvalue weighted by molar-refractivity contribution is 0.0784. The molecular formula is C20H20N6O3. The van der Waals surface area contributed by atoms with Gasteiger partial charge in [-0.05, 0) is 37.6 Å². The molecule has 0 unspecified atom stereocenters. The van der Waals surface area contributed by atoms with Gasteiger partial charge in [-0.15, -0.1) is 0 Å². The molecule has 9 heteroatoms. The van der Waals surface area contributed by atoms with Gasteiger partial charge in [-0.25, -0.2) is 4.68 Å². The lowest BCUT2D eigenvalue weighted by atomic mass is 10.2. The summed E-state index contributed by atoms with van der Waals surface area (Å²) in [7, 11) is 0. The number of nitrogens with zero attached hydrogens (tertiary/aromatic N) is 5. The van der Waals surface area contributed by atoms with Crippen LogP contribution in [0.25, 0.3) is 5.69 Å². The Bertz CT molecular complexity index is 1060. The average molecular weight is 392 g/mol. The van der Waals surface area contributed by atoms with Crippen molar-refractivity contribution in [3.05, 3.63) is 59.1 Å². The minimum atomic E-state index is -0.189. The third-order valence-electron chi connectivity index (χ3n) is 4.69. The Kier molecular flexibility index (Phi) is 5.01. The van der Waals surface area contributed by atoms with Gasteiger partial charge in [0, 0.05) is 31.3 Å². The van der Waals surface area contributed by atoms with E-state index in [1.54, 1.807) is 41.3 Å². The van der Waals surface area contributed by atoms with Crippen LogP contribution in [0.3, 0.4) is 0 Å². The molecule has 0 aliphatic carbocycles. The monoisotopic (exact) mass is 392 g/mol. The van der Waals surface area contributed by atoms with E-state index in [1.807, 2.05) is 6.92 Å². The molecule has 0 spiro atoms. The smallest absolute Gasteiger partial charge is 0.274 e. The third kappa shape index (κ3) is 3.97. The number of nitriles is 1. The van der Waals surface area contributed by atoms with Crippen molar-refractivity contribution >= 4 is 5.91 Å². The number of likely N-dealkylation sites (tertiary alicyclic amines) is 1. The van der Waals surface area contributed by atoms with Crippen LogP contribution in [0.1, 0.15) is 33.9 Å². The summed E-state index contributed by atoms with van der Waals surface area (Å²) in [5, 5.41) is 17.3. The minimum absolute atomic E-state index is 0.00928. The second kappa shape index (κ2) is 7.77. The topological polar surface area (TPSA) is 123 Å². The number of carbonyl (C=O) groups is 1. The minimum Gasteiger partial charge on any atom is -0.469 e. The molecule has 1 saturated heterocycles. The van der Waals surface area contributed by atoms with Crippen LogP contribution in [-0.2, 0) is 6.61 Å². The van der Waals surface area contributed by atoms with Crippen molar-refractivity contribution in [1.29, 1.82) is 5.26 Å². The summed E-state index contributed by atoms with van der Waals surface area (Å²) in [5.74, 6) is 0.759. The summed E-state index contributed by atoms with van der Waals surface area (Å²) in [6, 6.07) is 12.3. The molecule has 0 bridgehead atoms. The Morgan fingerprint density at radius 3 is 2.79 bits per heavy atom. The van der Waals surface area contributed by atoms with Crippen LogP contribution in [0, 0.1) is 18.3 Å². The lowest BCUT2D eigenvalue weighted by Crippen LogP contribution is -2.32. The van der Waals surface area contributed by atoms with Gasteiger partial charge in [0.05, 0.1) is 23.0 Å². The second-order valence-electron chi connectivity index (χ2n) is 6.96. The summed E-state index contributed by atoms with van der Waals surface area (Å²) in [6.45, 7) is 3.09. The van der Waals surface area contributed by atoms with Crippen molar-refractivity contribution in [1.82, 2.24) is 19.8 Å². The first-order valence-corrected chi connectivity index (χ1v) is 9.24. The Morgan fingerprint density at radius 1 is 1.38 bits per heavy atom. The predicted molar refractivity (Wildman–Crippen MR) is 102 cm³/mol. The number of hydrogen-bond donors (Lipinski definition) is 1. The maximum Gasteiger partial charge on any atom is 0.274 e. The zero-order chi connectivity index (χ0) is 20.4. The molecule has 2 aromatic heterocycles. The van der Waals surface area contributed by atoms with E-state index in [0.717, 1.165) is 12.1 Å². The molecule has 1 fully saturated rings. The molecule has 1 aliphatic heterocycles. The Labute approximate surface area is 167 Å². The molecule has 0 radical (unpaired) electrons. The van der Waals surface area contributed by atoms with Crippen LogP contribution < -0.4 is 10.5 Å². The quantitative estimate of drug-likeness (QED) is 0.702. The van der Waals surface area contributed by atoms with E-state index in [-0.39, 0.29) is 24.2 Å². The first-order valence-electron chi connectivity index (χ1n) is 9.24. The molecule has 148 valence electrons. The summed E-state index contributed by atoms with van der Waals surface area (Å²) in [4.78, 5) is 14.5. The standard InChI is InChI=1S/C20H20N6O3/c1-13-8-17(29-24-13)12-28-19-9-18(20(27)25-7-6-15(22)11-25)23-26(19)16-4-2-14(10-21)3-5-16/h2-5,8-9,15H,6-7,11-12,22H2,1H3/t15-/m0/s1. The van der Waals surface area contributed by atoms with E-state index in [0.29, 0.717) is 36.0 Å². The summed E-state index contributed by atoms with van der Waals surface area (Å²) in [6.07, 6.45) is 0.774. The molecule has 2 N–H and O–H groups in total. The van der Waals surface area contributed by atoms with E-state index >= 15 is 0 Å². The van der Waals surface area contributed by atoms with E-state index in [1.165, 1.54) is 4.68 Å². The molecular weight excluding hydrogens is 372 g/mol. The zero-order valence-corrected chi connectivity index (χ0v) is 15.9. The third-order valence-corrected chi connectivity index (χ3v) is 4.69. The fourth-order valence-corrected chi connectivity index (χ4v) is 3.20. The SMILES string of the molecule is Cc1cc(COc2cc(C(=O)N3CC[C@H](N)C3)nn2-c2ccc(C#N)cc2)on1. The molecule has 3 heterocycles. The van der Waals surface area contributed by atoms with Crippen molar-refractivity contribution in [3.8, 4) is 17.6 Å². The maximum atomic E-state index is 12.8. The predicted octanol–water partition coefficient (Wildman–Crippen LogP) is 1.79. The fraction of sp³-hybridized carbons (Fsp3) is 0.300. The van der Waals surface area contributed by atoms with Gasteiger partial charge in [-0.2, -0.15) is 10.4 Å². The van der Waals surface area contributed by atoms with Crippen molar-refractivity contribution < 1.29 is 14.1 Å². The molecule has 1 amide bonds. The van der Waals surface area contributed by atoms with Gasteiger partial charge in [0.15, 0.2) is 18.1 Å². The van der Waals surface area contributed by atoms with Crippen LogP contribution in [0.4, 0.5) is 0 Å². The molecule has 29 heavy (non-hydrogen) atoms. The summed E-state index contributed by atoms with van der Waals surface area (Å²) < 4.78 is 12.6. The summed E-state index contributed by atoms with van der Waals surface area (Å²) >= 11 is 0. The number of carbonyl (C=O) groups excluding carboxylic acids is 1. The van der Waals surface area contributed by atoms with Crippen LogP contribution >= 0.6 is 0 Å². The first-order chi connectivity index (χ1) is 14.0. The molecule has 1 aliphatic rings. The number of rotatable bonds is 5. The first kappa shape index (κ1) is 18.7. The Balaban J connectivity index is 1.63. The highest BCUT2D eigenvalue weighted by atomic mass is 16.5. The van der Waals surface area contributed by atoms with Gasteiger partial charge in [-0.3, -0.25) is 4.79 Å².